The van der Waals surface area contributed by atoms with Crippen molar-refractivity contribution in [3.8, 4) is 0 Å². The summed E-state index contributed by atoms with van der Waals surface area (Å²) in [6, 6.07) is 3.95. The number of aromatic carboxylic acids is 1. The summed E-state index contributed by atoms with van der Waals surface area (Å²) < 4.78 is 0. The summed E-state index contributed by atoms with van der Waals surface area (Å²) >= 11 is 5.75. The van der Waals surface area contributed by atoms with Crippen molar-refractivity contribution in [3.05, 3.63) is 28.8 Å². The lowest BCUT2D eigenvalue weighted by Gasteiger charge is -2.20. The summed E-state index contributed by atoms with van der Waals surface area (Å²) in [7, 11) is 5.47. The van der Waals surface area contributed by atoms with Crippen LogP contribution in [0.15, 0.2) is 18.2 Å². The summed E-state index contributed by atoms with van der Waals surface area (Å²) in [6.45, 7) is 1.26. The first-order valence-corrected chi connectivity index (χ1v) is 6.38. The molecular formula is C13H18ClN3O3. The van der Waals surface area contributed by atoms with Gasteiger partial charge in [-0.25, -0.2) is 9.59 Å². The number of carbonyl (C=O) groups excluding carboxylic acids is 1. The molecule has 0 aliphatic heterocycles. The molecule has 0 radical (unpaired) electrons. The average Bonchev–Trinajstić information content (AvgIpc) is 2.37. The Morgan fingerprint density at radius 1 is 1.25 bits per heavy atom. The van der Waals surface area contributed by atoms with Gasteiger partial charge in [0.05, 0.1) is 11.3 Å². The molecule has 0 aromatic heterocycles. The van der Waals surface area contributed by atoms with Crippen LogP contribution < -0.4 is 5.32 Å². The van der Waals surface area contributed by atoms with Crippen LogP contribution in [0, 0.1) is 0 Å². The van der Waals surface area contributed by atoms with Crippen LogP contribution in [0.25, 0.3) is 0 Å². The van der Waals surface area contributed by atoms with E-state index in [0.717, 1.165) is 6.54 Å². The quantitative estimate of drug-likeness (QED) is 0.873. The molecule has 0 saturated heterocycles. The molecule has 0 aliphatic carbocycles. The number of halogens is 1. The Hall–Kier alpha value is -1.79. The number of hydrogen-bond donors (Lipinski definition) is 2. The van der Waals surface area contributed by atoms with Crippen molar-refractivity contribution < 1.29 is 14.7 Å². The van der Waals surface area contributed by atoms with Crippen LogP contribution >= 0.6 is 11.6 Å². The topological polar surface area (TPSA) is 72.9 Å². The van der Waals surface area contributed by atoms with E-state index in [2.05, 4.69) is 5.32 Å². The normalized spacial score (nSPS) is 10.4. The first-order chi connectivity index (χ1) is 9.31. The summed E-state index contributed by atoms with van der Waals surface area (Å²) in [6.07, 6.45) is 0. The van der Waals surface area contributed by atoms with Gasteiger partial charge in [0.15, 0.2) is 0 Å². The molecule has 1 aromatic rings. The fourth-order valence-electron chi connectivity index (χ4n) is 1.46. The molecule has 0 spiro atoms. The molecule has 110 valence electrons. The number of carboxylic acids is 1. The third-order valence-corrected chi connectivity index (χ3v) is 2.92. The molecule has 0 aliphatic rings. The zero-order chi connectivity index (χ0) is 15.3. The average molecular weight is 300 g/mol. The molecular weight excluding hydrogens is 282 g/mol. The maximum atomic E-state index is 12.0. The molecule has 0 bridgehead atoms. The number of nitrogens with one attached hydrogen (secondary N) is 1. The van der Waals surface area contributed by atoms with Crippen molar-refractivity contribution in [2.45, 2.75) is 0 Å². The van der Waals surface area contributed by atoms with Crippen LogP contribution in [0.4, 0.5) is 10.5 Å². The van der Waals surface area contributed by atoms with Crippen LogP contribution in [-0.2, 0) is 0 Å². The number of anilines is 1. The highest BCUT2D eigenvalue weighted by Gasteiger charge is 2.15. The molecule has 0 fully saturated rings. The van der Waals surface area contributed by atoms with Crippen LogP contribution in [0.2, 0.25) is 5.02 Å². The lowest BCUT2D eigenvalue weighted by Crippen LogP contribution is -2.36. The van der Waals surface area contributed by atoms with Crippen LogP contribution in [0.5, 0.6) is 0 Å². The number of likely N-dealkylation sites (N-methyl/N-ethyl adjacent to an activating group) is 2. The number of rotatable bonds is 5. The Labute approximate surface area is 122 Å². The van der Waals surface area contributed by atoms with Gasteiger partial charge in [-0.1, -0.05) is 11.6 Å². The monoisotopic (exact) mass is 299 g/mol. The Bertz CT molecular complexity index is 506. The largest absolute Gasteiger partial charge is 0.478 e. The molecule has 0 atom stereocenters. The van der Waals surface area contributed by atoms with Gasteiger partial charge >= 0.3 is 12.0 Å². The molecule has 7 heteroatoms. The number of carbonyl (C=O) groups is 2. The van der Waals surface area contributed by atoms with E-state index < -0.39 is 5.97 Å². The molecule has 1 aromatic carbocycles. The number of urea groups is 1. The van der Waals surface area contributed by atoms with Gasteiger partial charge in [0.2, 0.25) is 0 Å². The molecule has 2 N–H and O–H groups in total. The van der Waals surface area contributed by atoms with Crippen molar-refractivity contribution in [1.82, 2.24) is 9.80 Å². The van der Waals surface area contributed by atoms with Crippen molar-refractivity contribution in [2.24, 2.45) is 0 Å². The standard InChI is InChI=1S/C13H18ClN3O3/c1-16(2)6-7-17(3)13(20)15-11-5-4-9(14)8-10(11)12(18)19/h4-5,8H,6-7H2,1-3H3,(H,15,20)(H,18,19). The summed E-state index contributed by atoms with van der Waals surface area (Å²) in [5.41, 5.74) is 0.190. The maximum Gasteiger partial charge on any atom is 0.337 e. The molecule has 2 amide bonds. The minimum atomic E-state index is -1.14. The number of hydrogen-bond acceptors (Lipinski definition) is 3. The predicted molar refractivity (Wildman–Crippen MR) is 78.6 cm³/mol. The molecule has 0 unspecified atom stereocenters. The van der Waals surface area contributed by atoms with Crippen molar-refractivity contribution in [2.75, 3.05) is 39.5 Å². The van der Waals surface area contributed by atoms with Crippen LogP contribution in [0.1, 0.15) is 10.4 Å². The molecule has 0 heterocycles. The first-order valence-electron chi connectivity index (χ1n) is 6.01. The van der Waals surface area contributed by atoms with E-state index in [1.807, 2.05) is 19.0 Å². The minimum Gasteiger partial charge on any atom is -0.478 e. The SMILES string of the molecule is CN(C)CCN(C)C(=O)Nc1ccc(Cl)cc1C(=O)O. The van der Waals surface area contributed by atoms with Gasteiger partial charge in [-0.05, 0) is 32.3 Å². The minimum absolute atomic E-state index is 0.0353. The van der Waals surface area contributed by atoms with E-state index in [1.54, 1.807) is 7.05 Å². The van der Waals surface area contributed by atoms with Gasteiger partial charge in [0, 0.05) is 25.2 Å². The second kappa shape index (κ2) is 7.12. The summed E-state index contributed by atoms with van der Waals surface area (Å²) in [5, 5.41) is 12.0. The molecule has 6 nitrogen and oxygen atoms in total. The zero-order valence-corrected chi connectivity index (χ0v) is 12.4. The highest BCUT2D eigenvalue weighted by molar-refractivity contribution is 6.31. The Morgan fingerprint density at radius 3 is 2.45 bits per heavy atom. The van der Waals surface area contributed by atoms with Gasteiger partial charge in [-0.3, -0.25) is 0 Å². The number of amides is 2. The highest BCUT2D eigenvalue weighted by atomic mass is 35.5. The fraction of sp³-hybridized carbons (Fsp3) is 0.385. The van der Waals surface area contributed by atoms with Crippen molar-refractivity contribution >= 4 is 29.3 Å². The highest BCUT2D eigenvalue weighted by Crippen LogP contribution is 2.21. The van der Waals surface area contributed by atoms with Gasteiger partial charge in [-0.15, -0.1) is 0 Å². The van der Waals surface area contributed by atoms with E-state index in [4.69, 9.17) is 16.7 Å². The first kappa shape index (κ1) is 16.3. The van der Waals surface area contributed by atoms with E-state index in [9.17, 15) is 9.59 Å². The number of benzene rings is 1. The van der Waals surface area contributed by atoms with E-state index in [-0.39, 0.29) is 17.3 Å². The number of nitrogens with zero attached hydrogens (tertiary/aromatic N) is 2. The third-order valence-electron chi connectivity index (χ3n) is 2.68. The molecule has 20 heavy (non-hydrogen) atoms. The second-order valence-electron chi connectivity index (χ2n) is 4.65. The molecule has 1 rings (SSSR count). The second-order valence-corrected chi connectivity index (χ2v) is 5.09. The van der Waals surface area contributed by atoms with E-state index in [1.165, 1.54) is 23.1 Å². The van der Waals surface area contributed by atoms with E-state index >= 15 is 0 Å². The van der Waals surface area contributed by atoms with Gasteiger partial charge in [0.1, 0.15) is 0 Å². The third kappa shape index (κ3) is 4.71. The van der Waals surface area contributed by atoms with Gasteiger partial charge < -0.3 is 20.2 Å². The van der Waals surface area contributed by atoms with Crippen LogP contribution in [-0.4, -0.2) is 61.1 Å². The summed E-state index contributed by atoms with van der Waals surface area (Å²) in [4.78, 5) is 26.5. The molecule has 0 saturated carbocycles. The van der Waals surface area contributed by atoms with E-state index in [0.29, 0.717) is 11.6 Å². The predicted octanol–water partition coefficient (Wildman–Crippen LogP) is 2.06. The van der Waals surface area contributed by atoms with Gasteiger partial charge in [-0.2, -0.15) is 0 Å². The lowest BCUT2D eigenvalue weighted by atomic mass is 10.2. The Balaban J connectivity index is 2.77. The Morgan fingerprint density at radius 2 is 1.90 bits per heavy atom. The summed E-state index contributed by atoms with van der Waals surface area (Å²) in [5.74, 6) is -1.14. The Kier molecular flexibility index (Phi) is 5.79. The van der Waals surface area contributed by atoms with Crippen molar-refractivity contribution in [3.63, 3.8) is 0 Å². The van der Waals surface area contributed by atoms with Crippen LogP contribution in [0.3, 0.4) is 0 Å². The smallest absolute Gasteiger partial charge is 0.337 e. The number of carboxylic acid groups (broad SMARTS) is 1. The zero-order valence-electron chi connectivity index (χ0n) is 11.7. The maximum absolute atomic E-state index is 12.0. The fourth-order valence-corrected chi connectivity index (χ4v) is 1.64. The van der Waals surface area contributed by atoms with Crippen molar-refractivity contribution in [1.29, 1.82) is 0 Å². The van der Waals surface area contributed by atoms with Gasteiger partial charge in [0.25, 0.3) is 0 Å². The lowest BCUT2D eigenvalue weighted by molar-refractivity contribution is 0.0698.